The lowest BCUT2D eigenvalue weighted by Crippen LogP contribution is -2.61. The van der Waals surface area contributed by atoms with Crippen LogP contribution in [0.15, 0.2) is 58.3 Å². The molecular weight excluding hydrogens is 763 g/mol. The van der Waals surface area contributed by atoms with Gasteiger partial charge in [0.15, 0.2) is 12.4 Å². The molecule has 5 aliphatic heterocycles. The number of hydrogen-bond acceptors (Lipinski definition) is 15. The van der Waals surface area contributed by atoms with Crippen molar-refractivity contribution in [3.63, 3.8) is 0 Å². The zero-order chi connectivity index (χ0) is 41.1. The average molecular weight is 822 g/mol. The van der Waals surface area contributed by atoms with E-state index >= 15 is 0 Å². The normalized spacial score (nSPS) is 28.5. The van der Waals surface area contributed by atoms with Crippen molar-refractivity contribution in [2.45, 2.75) is 116 Å². The zero-order valence-corrected chi connectivity index (χ0v) is 32.9. The van der Waals surface area contributed by atoms with Crippen molar-refractivity contribution in [3.05, 3.63) is 48.5 Å². The number of amides is 1. The molecule has 4 saturated heterocycles. The van der Waals surface area contributed by atoms with Crippen LogP contribution in [0.3, 0.4) is 0 Å². The number of hydrogen-bond donors (Lipinski definition) is 10. The molecule has 5 aliphatic rings. The maximum atomic E-state index is 12.2. The first-order valence-electron chi connectivity index (χ1n) is 19.9. The highest BCUT2D eigenvalue weighted by atomic mass is 32.2. The van der Waals surface area contributed by atoms with E-state index in [4.69, 9.17) is 19.7 Å². The van der Waals surface area contributed by atoms with Gasteiger partial charge in [0.05, 0.1) is 36.8 Å². The fourth-order valence-electron chi connectivity index (χ4n) is 7.91. The number of para-hydroxylation sites is 2. The summed E-state index contributed by atoms with van der Waals surface area (Å²) >= 11 is 1.91. The number of nitrogens with zero attached hydrogens (tertiary/aromatic N) is 2. The number of piperidine rings is 3. The summed E-state index contributed by atoms with van der Waals surface area (Å²) in [6.45, 7) is 3.76. The molecule has 4 fully saturated rings. The van der Waals surface area contributed by atoms with Crippen LogP contribution in [0.5, 0.6) is 0 Å². The van der Waals surface area contributed by atoms with Gasteiger partial charge in [-0.2, -0.15) is 0 Å². The molecule has 2 aromatic carbocycles. The molecule has 2 aromatic rings. The van der Waals surface area contributed by atoms with Crippen LogP contribution in [0.1, 0.15) is 51.4 Å². The van der Waals surface area contributed by atoms with Gasteiger partial charge in [0.1, 0.15) is 30.5 Å². The van der Waals surface area contributed by atoms with E-state index in [9.17, 15) is 45.3 Å². The summed E-state index contributed by atoms with van der Waals surface area (Å²) in [6.07, 6.45) is -10.7. The van der Waals surface area contributed by atoms with E-state index in [-0.39, 0.29) is 13.0 Å². The predicted octanol–water partition coefficient (Wildman–Crippen LogP) is 0.419. The lowest BCUT2D eigenvalue weighted by atomic mass is 9.78. The van der Waals surface area contributed by atoms with Crippen LogP contribution >= 0.6 is 11.8 Å². The molecular formula is C40H59N3O13S. The fourth-order valence-corrected chi connectivity index (χ4v) is 9.00. The number of unbranched alkanes of at least 4 members (excludes halogenated alkanes) is 3. The summed E-state index contributed by atoms with van der Waals surface area (Å²) in [4.78, 5) is 30.7. The summed E-state index contributed by atoms with van der Waals surface area (Å²) in [5, 5.41) is 89.7. The molecule has 7 rings (SSSR count). The molecule has 0 radical (unpaired) electrons. The number of benzene rings is 2. The number of ether oxygens (including phenoxy) is 2. The van der Waals surface area contributed by atoms with Crippen LogP contribution in [-0.2, 0) is 19.1 Å². The van der Waals surface area contributed by atoms with E-state index in [0.29, 0.717) is 25.7 Å². The van der Waals surface area contributed by atoms with Crippen LogP contribution in [-0.4, -0.2) is 164 Å². The first-order valence-corrected chi connectivity index (χ1v) is 20.7. The number of anilines is 2. The molecule has 2 bridgehead atoms. The van der Waals surface area contributed by atoms with Gasteiger partial charge in [-0.15, -0.1) is 0 Å². The molecule has 16 nitrogen and oxygen atoms in total. The van der Waals surface area contributed by atoms with Crippen molar-refractivity contribution < 1.29 is 65.0 Å². The second-order valence-corrected chi connectivity index (χ2v) is 16.4. The Morgan fingerprint density at radius 2 is 1.51 bits per heavy atom. The smallest absolute Gasteiger partial charge is 0.303 e. The first kappa shape index (κ1) is 45.2. The molecule has 318 valence electrons. The first-order chi connectivity index (χ1) is 27.4. The van der Waals surface area contributed by atoms with E-state index in [0.717, 1.165) is 18.4 Å². The Hall–Kier alpha value is -2.91. The van der Waals surface area contributed by atoms with Gasteiger partial charge >= 0.3 is 5.97 Å². The second-order valence-electron chi connectivity index (χ2n) is 15.3. The van der Waals surface area contributed by atoms with E-state index in [2.05, 4.69) is 63.6 Å². The van der Waals surface area contributed by atoms with Gasteiger partial charge < -0.3 is 70.5 Å². The Labute approximate surface area is 337 Å². The summed E-state index contributed by atoms with van der Waals surface area (Å²) in [5.41, 5.74) is 2.79. The van der Waals surface area contributed by atoms with E-state index in [1.807, 2.05) is 11.8 Å². The van der Waals surface area contributed by atoms with Crippen LogP contribution < -0.4 is 10.2 Å². The third kappa shape index (κ3) is 12.1. The third-order valence-electron chi connectivity index (χ3n) is 11.2. The number of carboxylic acid groups (broad SMARTS) is 1. The van der Waals surface area contributed by atoms with Crippen LogP contribution in [0.2, 0.25) is 0 Å². The Kier molecular flexibility index (Phi) is 17.4. The van der Waals surface area contributed by atoms with Gasteiger partial charge in [0.25, 0.3) is 5.91 Å². The molecule has 57 heavy (non-hydrogen) atoms. The van der Waals surface area contributed by atoms with Gasteiger partial charge in [0.2, 0.25) is 0 Å². The number of carboxylic acids is 1. The van der Waals surface area contributed by atoms with Gasteiger partial charge in [0, 0.05) is 42.3 Å². The average Bonchev–Trinajstić information content (AvgIpc) is 3.22. The van der Waals surface area contributed by atoms with Crippen molar-refractivity contribution in [2.75, 3.05) is 50.8 Å². The molecule has 0 spiro atoms. The number of fused-ring (bicyclic) bond motifs is 5. The Morgan fingerprint density at radius 3 is 2.09 bits per heavy atom. The monoisotopic (exact) mass is 821 g/mol. The highest BCUT2D eigenvalue weighted by Crippen LogP contribution is 2.49. The Bertz CT molecular complexity index is 1520. The van der Waals surface area contributed by atoms with Crippen molar-refractivity contribution in [1.82, 2.24) is 10.2 Å². The van der Waals surface area contributed by atoms with E-state index in [1.54, 1.807) is 0 Å². The zero-order valence-electron chi connectivity index (χ0n) is 32.0. The highest BCUT2D eigenvalue weighted by Gasteiger charge is 2.46. The highest BCUT2D eigenvalue weighted by molar-refractivity contribution is 7.99. The number of aliphatic carboxylic acids is 1. The molecule has 5 heterocycles. The Balaban J connectivity index is 0.000000231. The second kappa shape index (κ2) is 21.9. The summed E-state index contributed by atoms with van der Waals surface area (Å²) in [7, 11) is 0. The minimum atomic E-state index is -2.03. The molecule has 1 unspecified atom stereocenters. The predicted molar refractivity (Wildman–Crippen MR) is 209 cm³/mol. The number of rotatable bonds is 18. The van der Waals surface area contributed by atoms with Crippen molar-refractivity contribution in [3.8, 4) is 0 Å². The minimum absolute atomic E-state index is 0.0484. The van der Waals surface area contributed by atoms with Crippen LogP contribution in [0, 0.1) is 11.8 Å². The van der Waals surface area contributed by atoms with E-state index < -0.39 is 86.6 Å². The van der Waals surface area contributed by atoms with Crippen molar-refractivity contribution in [1.29, 1.82) is 0 Å². The number of carbonyl (C=O) groups is 2. The van der Waals surface area contributed by atoms with Crippen molar-refractivity contribution in [2.24, 2.45) is 11.8 Å². The van der Waals surface area contributed by atoms with E-state index in [1.165, 1.54) is 53.6 Å². The maximum absolute atomic E-state index is 12.2. The molecule has 10 N–H and O–H groups in total. The Morgan fingerprint density at radius 1 is 0.877 bits per heavy atom. The number of aliphatic hydroxyl groups excluding tert-OH is 8. The number of nitrogens with one attached hydrogen (secondary N) is 1. The van der Waals surface area contributed by atoms with Crippen LogP contribution in [0.4, 0.5) is 11.4 Å². The SMILES string of the molecule is O=C(O)CCCCCCNC(=O)[C@H](O)[C@H](O)[C@@H](C[C@H](O)CO)O[C@@H]1O[C@H](CO)[C@@H](O)[C@H](O)[C@H]1O.c1ccc2c(c1)Sc1ccccc1N2CC1CN2CCC1CC2. The largest absolute Gasteiger partial charge is 0.481 e. The van der Waals surface area contributed by atoms with Crippen molar-refractivity contribution >= 4 is 35.0 Å². The topological polar surface area (TPSA) is 253 Å². The summed E-state index contributed by atoms with van der Waals surface area (Å²) in [6, 6.07) is 17.8. The molecule has 0 aromatic heterocycles. The summed E-state index contributed by atoms with van der Waals surface area (Å²) in [5.74, 6) is -0.119. The third-order valence-corrected chi connectivity index (χ3v) is 12.3. The standard InChI is InChI=1S/C20H22N2S.C20H37NO13/c1-3-7-19-17(5-1)22(18-6-2-4-8-20(18)23-19)14-16-13-21-11-9-15(16)10-12-21;22-8-10(24)7-11(33-20-18(31)16(29)15(28)12(9-23)34-20)14(27)17(30)19(32)21-6-4-2-1-3-5-13(25)26/h1-8,15-16H,9-14H2;10-12,14-18,20,22-24,27-31H,1-9H2,(H,21,32)(H,25,26)/t;10-,11+,12+,14+,15+,16-,17+,18+,20+/m.0/s1. The lowest BCUT2D eigenvalue weighted by Gasteiger charge is -2.47. The molecule has 1 amide bonds. The fraction of sp³-hybridized carbons (Fsp3) is 0.650. The lowest BCUT2D eigenvalue weighted by molar-refractivity contribution is -0.320. The maximum Gasteiger partial charge on any atom is 0.303 e. The molecule has 0 saturated carbocycles. The number of carbonyl (C=O) groups excluding carboxylic acids is 1. The minimum Gasteiger partial charge on any atom is -0.481 e. The van der Waals surface area contributed by atoms with Gasteiger partial charge in [-0.05, 0) is 74.9 Å². The van der Waals surface area contributed by atoms with Crippen LogP contribution in [0.25, 0.3) is 0 Å². The molecule has 10 atom stereocenters. The molecule has 0 aliphatic carbocycles. The number of aliphatic hydroxyl groups is 8. The van der Waals surface area contributed by atoms with Gasteiger partial charge in [-0.1, -0.05) is 48.9 Å². The van der Waals surface area contributed by atoms with Gasteiger partial charge in [-0.3, -0.25) is 9.59 Å². The van der Waals surface area contributed by atoms with Gasteiger partial charge in [-0.25, -0.2) is 0 Å². The quantitative estimate of drug-likeness (QED) is 0.0915. The summed E-state index contributed by atoms with van der Waals surface area (Å²) < 4.78 is 10.6. The molecule has 17 heteroatoms.